The van der Waals surface area contributed by atoms with Gasteiger partial charge in [0.25, 0.3) is 5.91 Å². The van der Waals surface area contributed by atoms with Gasteiger partial charge in [-0.25, -0.2) is 0 Å². The molecule has 4 aliphatic rings. The van der Waals surface area contributed by atoms with E-state index in [1.165, 1.54) is 19.3 Å². The predicted molar refractivity (Wildman–Crippen MR) is 81.2 cm³/mol. The van der Waals surface area contributed by atoms with Crippen molar-refractivity contribution in [2.24, 2.45) is 17.8 Å². The molecule has 0 heterocycles. The van der Waals surface area contributed by atoms with Gasteiger partial charge in [0, 0.05) is 5.54 Å². The topological polar surface area (TPSA) is 49.3 Å². The highest BCUT2D eigenvalue weighted by atomic mass is 16.3. The van der Waals surface area contributed by atoms with Gasteiger partial charge in [-0.15, -0.1) is 0 Å². The summed E-state index contributed by atoms with van der Waals surface area (Å²) in [4.78, 5) is 12.6. The summed E-state index contributed by atoms with van der Waals surface area (Å²) in [7, 11) is 0. The van der Waals surface area contributed by atoms with E-state index >= 15 is 0 Å². The second-order valence-corrected chi connectivity index (χ2v) is 7.67. The maximum Gasteiger partial charge on any atom is 0.255 e. The Morgan fingerprint density at radius 3 is 2.29 bits per heavy atom. The summed E-state index contributed by atoms with van der Waals surface area (Å²) in [6, 6.07) is 5.23. The van der Waals surface area contributed by atoms with Crippen LogP contribution in [0.3, 0.4) is 0 Å². The Labute approximate surface area is 125 Å². The van der Waals surface area contributed by atoms with Gasteiger partial charge in [-0.2, -0.15) is 0 Å². The maximum atomic E-state index is 12.6. The van der Waals surface area contributed by atoms with Gasteiger partial charge in [0.1, 0.15) is 5.75 Å². The molecule has 112 valence electrons. The number of rotatable bonds is 2. The van der Waals surface area contributed by atoms with Crippen molar-refractivity contribution >= 4 is 5.91 Å². The van der Waals surface area contributed by atoms with Gasteiger partial charge in [0.2, 0.25) is 0 Å². The van der Waals surface area contributed by atoms with Crippen LogP contribution >= 0.6 is 0 Å². The van der Waals surface area contributed by atoms with E-state index in [0.717, 1.165) is 42.6 Å². The molecule has 21 heavy (non-hydrogen) atoms. The van der Waals surface area contributed by atoms with Crippen molar-refractivity contribution in [1.29, 1.82) is 0 Å². The van der Waals surface area contributed by atoms with Crippen LogP contribution in [0.4, 0.5) is 0 Å². The SMILES string of the molecule is Cc1ccc(O)c(C(=O)NC23CC4CC(CC(C4)C2)C3)c1. The normalized spacial score (nSPS) is 36.7. The molecule has 5 rings (SSSR count). The molecular formula is C18H23NO2. The van der Waals surface area contributed by atoms with Gasteiger partial charge in [-0.3, -0.25) is 4.79 Å². The minimum absolute atomic E-state index is 0.00200. The quantitative estimate of drug-likeness (QED) is 0.875. The number of benzene rings is 1. The molecule has 0 aliphatic heterocycles. The summed E-state index contributed by atoms with van der Waals surface area (Å²) in [5.41, 5.74) is 1.43. The second-order valence-electron chi connectivity index (χ2n) is 7.67. The minimum Gasteiger partial charge on any atom is -0.507 e. The van der Waals surface area contributed by atoms with Crippen LogP contribution in [-0.4, -0.2) is 16.6 Å². The van der Waals surface area contributed by atoms with Crippen LogP contribution in [0.5, 0.6) is 5.75 Å². The second kappa shape index (κ2) is 4.49. The summed E-state index contributed by atoms with van der Waals surface area (Å²) >= 11 is 0. The number of hydrogen-bond acceptors (Lipinski definition) is 2. The Morgan fingerprint density at radius 2 is 1.71 bits per heavy atom. The van der Waals surface area contributed by atoms with E-state index in [-0.39, 0.29) is 17.2 Å². The van der Waals surface area contributed by atoms with Gasteiger partial charge in [-0.1, -0.05) is 11.6 Å². The fourth-order valence-corrected chi connectivity index (χ4v) is 5.40. The molecular weight excluding hydrogens is 262 g/mol. The predicted octanol–water partition coefficient (Wildman–Crippen LogP) is 3.40. The summed E-state index contributed by atoms with van der Waals surface area (Å²) < 4.78 is 0. The van der Waals surface area contributed by atoms with E-state index in [1.54, 1.807) is 12.1 Å². The van der Waals surface area contributed by atoms with Crippen molar-refractivity contribution in [3.8, 4) is 5.75 Å². The van der Waals surface area contributed by atoms with Crippen LogP contribution < -0.4 is 5.32 Å². The third-order valence-electron chi connectivity index (χ3n) is 5.81. The summed E-state index contributed by atoms with van der Waals surface area (Å²) in [5, 5.41) is 13.3. The zero-order valence-electron chi connectivity index (χ0n) is 12.6. The molecule has 0 unspecified atom stereocenters. The lowest BCUT2D eigenvalue weighted by Crippen LogP contribution is -2.59. The molecule has 4 saturated carbocycles. The number of nitrogens with one attached hydrogen (secondary N) is 1. The Kier molecular flexibility index (Phi) is 2.82. The van der Waals surface area contributed by atoms with E-state index in [2.05, 4.69) is 5.32 Å². The first-order valence-electron chi connectivity index (χ1n) is 8.15. The number of carbonyl (C=O) groups is 1. The molecule has 0 spiro atoms. The van der Waals surface area contributed by atoms with E-state index in [0.29, 0.717) is 5.56 Å². The van der Waals surface area contributed by atoms with E-state index in [4.69, 9.17) is 0 Å². The van der Waals surface area contributed by atoms with Crippen LogP contribution in [-0.2, 0) is 0 Å². The molecule has 0 saturated heterocycles. The first-order valence-corrected chi connectivity index (χ1v) is 8.15. The van der Waals surface area contributed by atoms with Gasteiger partial charge in [0.05, 0.1) is 5.56 Å². The number of aryl methyl sites for hydroxylation is 1. The van der Waals surface area contributed by atoms with Crippen LogP contribution in [0, 0.1) is 24.7 Å². The standard InChI is InChI=1S/C18H23NO2/c1-11-2-3-16(20)15(4-11)17(21)19-18-8-12-5-13(9-18)7-14(6-12)10-18/h2-4,12-14,20H,5-10H2,1H3,(H,19,21). The van der Waals surface area contributed by atoms with Gasteiger partial charge >= 0.3 is 0 Å². The molecule has 4 bridgehead atoms. The molecule has 2 N–H and O–H groups in total. The zero-order chi connectivity index (χ0) is 14.6. The number of aromatic hydroxyl groups is 1. The van der Waals surface area contributed by atoms with Crippen molar-refractivity contribution in [1.82, 2.24) is 5.32 Å². The average Bonchev–Trinajstić information content (AvgIpc) is 2.39. The van der Waals surface area contributed by atoms with Crippen LogP contribution in [0.1, 0.15) is 54.4 Å². The number of hydrogen-bond donors (Lipinski definition) is 2. The highest BCUT2D eigenvalue weighted by Crippen LogP contribution is 2.55. The lowest BCUT2D eigenvalue weighted by molar-refractivity contribution is -0.0167. The smallest absolute Gasteiger partial charge is 0.255 e. The molecule has 0 atom stereocenters. The van der Waals surface area contributed by atoms with Gasteiger partial charge < -0.3 is 10.4 Å². The number of carbonyl (C=O) groups excluding carboxylic acids is 1. The van der Waals surface area contributed by atoms with Gasteiger partial charge in [0.15, 0.2) is 0 Å². The largest absolute Gasteiger partial charge is 0.507 e. The summed E-state index contributed by atoms with van der Waals surface area (Å²) in [6.07, 6.45) is 7.51. The monoisotopic (exact) mass is 285 g/mol. The highest BCUT2D eigenvalue weighted by Gasteiger charge is 2.51. The fourth-order valence-electron chi connectivity index (χ4n) is 5.40. The van der Waals surface area contributed by atoms with Crippen molar-refractivity contribution in [3.63, 3.8) is 0 Å². The van der Waals surface area contributed by atoms with Crippen molar-refractivity contribution in [2.45, 2.75) is 51.0 Å². The molecule has 1 aromatic carbocycles. The number of phenols is 1. The molecule has 1 aromatic rings. The van der Waals surface area contributed by atoms with Crippen LogP contribution in [0.15, 0.2) is 18.2 Å². The minimum atomic E-state index is -0.0989. The van der Waals surface area contributed by atoms with Crippen LogP contribution in [0.2, 0.25) is 0 Å². The first-order chi connectivity index (χ1) is 10.0. The Bertz CT molecular complexity index is 558. The molecule has 0 radical (unpaired) electrons. The zero-order valence-corrected chi connectivity index (χ0v) is 12.6. The van der Waals surface area contributed by atoms with E-state index in [1.807, 2.05) is 13.0 Å². The van der Waals surface area contributed by atoms with Crippen LogP contribution in [0.25, 0.3) is 0 Å². The average molecular weight is 285 g/mol. The lowest BCUT2D eigenvalue weighted by atomic mass is 9.53. The molecule has 4 fully saturated rings. The first kappa shape index (κ1) is 13.2. The third kappa shape index (κ3) is 2.23. The maximum absolute atomic E-state index is 12.6. The number of amides is 1. The lowest BCUT2D eigenvalue weighted by Gasteiger charge is -2.56. The molecule has 1 amide bonds. The van der Waals surface area contributed by atoms with E-state index < -0.39 is 0 Å². The van der Waals surface area contributed by atoms with Crippen molar-refractivity contribution in [3.05, 3.63) is 29.3 Å². The van der Waals surface area contributed by atoms with E-state index in [9.17, 15) is 9.90 Å². The Balaban J connectivity index is 1.58. The summed E-state index contributed by atoms with van der Waals surface area (Å²) in [6.45, 7) is 1.95. The molecule has 4 aliphatic carbocycles. The molecule has 3 nitrogen and oxygen atoms in total. The van der Waals surface area contributed by atoms with Crippen molar-refractivity contribution in [2.75, 3.05) is 0 Å². The molecule has 3 heteroatoms. The molecule has 0 aromatic heterocycles. The van der Waals surface area contributed by atoms with Crippen molar-refractivity contribution < 1.29 is 9.90 Å². The Hall–Kier alpha value is -1.51. The Morgan fingerprint density at radius 1 is 1.14 bits per heavy atom. The third-order valence-corrected chi connectivity index (χ3v) is 5.81. The fraction of sp³-hybridized carbons (Fsp3) is 0.611. The highest BCUT2D eigenvalue weighted by molar-refractivity contribution is 5.97. The summed E-state index contributed by atoms with van der Waals surface area (Å²) in [5.74, 6) is 2.41. The van der Waals surface area contributed by atoms with Gasteiger partial charge in [-0.05, 0) is 75.3 Å². The number of phenolic OH excluding ortho intramolecular Hbond substituents is 1.